The summed E-state index contributed by atoms with van der Waals surface area (Å²) in [6, 6.07) is 5.44. The van der Waals surface area contributed by atoms with E-state index in [9.17, 15) is 32.9 Å². The van der Waals surface area contributed by atoms with Crippen molar-refractivity contribution in [2.75, 3.05) is 27.4 Å². The maximum absolute atomic E-state index is 14.1. The third-order valence-electron chi connectivity index (χ3n) is 9.03. The van der Waals surface area contributed by atoms with Gasteiger partial charge in [-0.25, -0.2) is 0 Å². The lowest BCUT2D eigenvalue weighted by molar-refractivity contribution is -0.385. The predicted octanol–water partition coefficient (Wildman–Crippen LogP) is 8.74. The zero-order chi connectivity index (χ0) is 35.3. The smallest absolute Gasteiger partial charge is 0.416 e. The van der Waals surface area contributed by atoms with Crippen molar-refractivity contribution in [2.45, 2.75) is 71.9 Å². The van der Waals surface area contributed by atoms with Crippen molar-refractivity contribution in [3.63, 3.8) is 0 Å². The fourth-order valence-electron chi connectivity index (χ4n) is 7.06. The van der Waals surface area contributed by atoms with Crippen molar-refractivity contribution in [3.05, 3.63) is 77.7 Å². The van der Waals surface area contributed by atoms with Crippen LogP contribution in [0.15, 0.2) is 52.9 Å². The van der Waals surface area contributed by atoms with Crippen LogP contribution in [0, 0.1) is 24.5 Å². The van der Waals surface area contributed by atoms with Gasteiger partial charge in [0.05, 0.1) is 21.2 Å². The fraction of sp³-hybridized carbons (Fsp3) is 0.486. The number of carbonyl (C=O) groups is 2. The van der Waals surface area contributed by atoms with Crippen molar-refractivity contribution in [1.29, 1.82) is 0 Å². The van der Waals surface area contributed by atoms with Crippen molar-refractivity contribution in [3.8, 4) is 17.2 Å². The second-order valence-corrected chi connectivity index (χ2v) is 15.3. The minimum absolute atomic E-state index is 0.0399. The largest absolute Gasteiger partial charge is 0.493 e. The van der Waals surface area contributed by atoms with E-state index in [0.717, 1.165) is 17.5 Å². The molecule has 3 aliphatic rings. The van der Waals surface area contributed by atoms with Gasteiger partial charge in [-0.1, -0.05) is 27.7 Å². The highest BCUT2D eigenvalue weighted by Crippen LogP contribution is 2.55. The van der Waals surface area contributed by atoms with Gasteiger partial charge in [-0.3, -0.25) is 19.7 Å². The standard InChI is InChI=1S/C35H38F3IN2O7/c1-33(2)15-23-30(25(42)17-33)29(31-24(40(23)10-7-11-46-5)16-34(3,4)18-26(31)43)19-12-21(39)32(28(13-19)47-6)48-27-9-8-20(35(36,37)38)14-22(27)41(44)45/h8-9,12-14,29H,7,10-11,15-18H2,1-6H3. The Bertz CT molecular complexity index is 1690. The number of alkyl halides is 3. The number of nitro groups is 1. The molecule has 0 saturated heterocycles. The summed E-state index contributed by atoms with van der Waals surface area (Å²) >= 11 is 1.97. The van der Waals surface area contributed by atoms with Crippen LogP contribution in [0.5, 0.6) is 17.2 Å². The van der Waals surface area contributed by atoms with E-state index in [0.29, 0.717) is 77.7 Å². The highest BCUT2D eigenvalue weighted by Gasteiger charge is 2.49. The third-order valence-corrected chi connectivity index (χ3v) is 9.83. The first kappa shape index (κ1) is 35.8. The SMILES string of the molecule is COCCCN1C2=C(C(=O)CC(C)(C)C2)C(c2cc(I)c(Oc3ccc(C(F)(F)F)cc3[N+](=O)[O-])c(OC)c2)C2=C1CC(C)(C)CC2=O. The molecule has 48 heavy (non-hydrogen) atoms. The molecule has 0 radical (unpaired) electrons. The van der Waals surface area contributed by atoms with Crippen LogP contribution in [0.3, 0.4) is 0 Å². The molecule has 0 atom stereocenters. The summed E-state index contributed by atoms with van der Waals surface area (Å²) in [6.07, 6.45) is -2.19. The Labute approximate surface area is 290 Å². The van der Waals surface area contributed by atoms with Gasteiger partial charge in [0, 0.05) is 67.6 Å². The summed E-state index contributed by atoms with van der Waals surface area (Å²) in [6.45, 7) is 9.37. The van der Waals surface area contributed by atoms with E-state index in [1.807, 2.05) is 22.6 Å². The van der Waals surface area contributed by atoms with E-state index in [1.54, 1.807) is 19.2 Å². The highest BCUT2D eigenvalue weighted by atomic mass is 127. The van der Waals surface area contributed by atoms with Crippen LogP contribution in [-0.2, 0) is 20.5 Å². The first-order valence-corrected chi connectivity index (χ1v) is 16.6. The minimum Gasteiger partial charge on any atom is -0.493 e. The molecular weight excluding hydrogens is 744 g/mol. The monoisotopic (exact) mass is 782 g/mol. The molecule has 0 unspecified atom stereocenters. The maximum atomic E-state index is 14.1. The zero-order valence-electron chi connectivity index (χ0n) is 27.7. The summed E-state index contributed by atoms with van der Waals surface area (Å²) in [5, 5.41) is 11.8. The van der Waals surface area contributed by atoms with Gasteiger partial charge in [-0.05, 0) is 82.5 Å². The number of halogens is 4. The zero-order valence-corrected chi connectivity index (χ0v) is 29.8. The van der Waals surface area contributed by atoms with Crippen molar-refractivity contribution < 1.29 is 41.9 Å². The van der Waals surface area contributed by atoms with Crippen LogP contribution >= 0.6 is 22.6 Å². The molecule has 5 rings (SSSR count). The van der Waals surface area contributed by atoms with Crippen molar-refractivity contribution in [2.24, 2.45) is 10.8 Å². The van der Waals surface area contributed by atoms with E-state index >= 15 is 0 Å². The second kappa shape index (κ2) is 13.1. The summed E-state index contributed by atoms with van der Waals surface area (Å²) in [7, 11) is 3.01. The number of rotatable bonds is 9. The summed E-state index contributed by atoms with van der Waals surface area (Å²) < 4.78 is 57.3. The number of nitrogens with zero attached hydrogens (tertiary/aromatic N) is 2. The van der Waals surface area contributed by atoms with E-state index in [2.05, 4.69) is 32.6 Å². The number of methoxy groups -OCH3 is 2. The number of benzene rings is 2. The molecule has 0 saturated carbocycles. The molecule has 1 aliphatic heterocycles. The van der Waals surface area contributed by atoms with E-state index in [1.165, 1.54) is 7.11 Å². The summed E-state index contributed by atoms with van der Waals surface area (Å²) in [4.78, 5) is 41.2. The number of ketones is 2. The van der Waals surface area contributed by atoms with Crippen LogP contribution in [0.25, 0.3) is 0 Å². The first-order chi connectivity index (χ1) is 22.4. The number of Topliss-reactive ketones (excluding diaryl/α,β-unsaturated/α-hetero) is 2. The molecule has 258 valence electrons. The molecule has 2 aromatic rings. The van der Waals surface area contributed by atoms with Gasteiger partial charge in [0.2, 0.25) is 5.75 Å². The Morgan fingerprint density at radius 2 is 1.52 bits per heavy atom. The average molecular weight is 783 g/mol. The second-order valence-electron chi connectivity index (χ2n) is 14.1. The Morgan fingerprint density at radius 3 is 2.02 bits per heavy atom. The van der Waals surface area contributed by atoms with Gasteiger partial charge < -0.3 is 19.1 Å². The van der Waals surface area contributed by atoms with E-state index < -0.39 is 34.0 Å². The topological polar surface area (TPSA) is 108 Å². The first-order valence-electron chi connectivity index (χ1n) is 15.6. The number of hydrogen-bond donors (Lipinski definition) is 0. The Balaban J connectivity index is 1.68. The lowest BCUT2D eigenvalue weighted by atomic mass is 9.63. The summed E-state index contributed by atoms with van der Waals surface area (Å²) in [5.74, 6) is -0.963. The van der Waals surface area contributed by atoms with Gasteiger partial charge in [0.1, 0.15) is 0 Å². The summed E-state index contributed by atoms with van der Waals surface area (Å²) in [5.41, 5.74) is 0.922. The Kier molecular flexibility index (Phi) is 9.78. The van der Waals surface area contributed by atoms with E-state index in [-0.39, 0.29) is 33.9 Å². The van der Waals surface area contributed by atoms with E-state index in [4.69, 9.17) is 14.2 Å². The molecule has 0 aromatic heterocycles. The van der Waals surface area contributed by atoms with Crippen LogP contribution in [0.4, 0.5) is 18.9 Å². The maximum Gasteiger partial charge on any atom is 0.416 e. The third kappa shape index (κ3) is 6.98. The predicted molar refractivity (Wildman–Crippen MR) is 180 cm³/mol. The van der Waals surface area contributed by atoms with Gasteiger partial charge >= 0.3 is 11.9 Å². The molecule has 9 nitrogen and oxygen atoms in total. The van der Waals surface area contributed by atoms with Crippen LogP contribution in [0.2, 0.25) is 0 Å². The molecule has 2 aromatic carbocycles. The van der Waals surface area contributed by atoms with Gasteiger partial charge in [0.15, 0.2) is 23.1 Å². The van der Waals surface area contributed by atoms with Crippen LogP contribution in [-0.4, -0.2) is 48.8 Å². The Hall–Kier alpha value is -3.46. The molecule has 0 amide bonds. The molecule has 2 aliphatic carbocycles. The molecule has 0 fully saturated rings. The molecule has 0 N–H and O–H groups in total. The quantitative estimate of drug-likeness (QED) is 0.108. The van der Waals surface area contributed by atoms with Gasteiger partial charge in [-0.15, -0.1) is 0 Å². The van der Waals surface area contributed by atoms with Gasteiger partial charge in [-0.2, -0.15) is 13.2 Å². The number of hydrogen-bond acceptors (Lipinski definition) is 8. The van der Waals surface area contributed by atoms with Crippen molar-refractivity contribution in [1.82, 2.24) is 4.90 Å². The number of ether oxygens (including phenoxy) is 3. The average Bonchev–Trinajstić information content (AvgIpc) is 2.96. The molecule has 13 heteroatoms. The van der Waals surface area contributed by atoms with Crippen molar-refractivity contribution >= 4 is 39.8 Å². The molecule has 1 heterocycles. The lowest BCUT2D eigenvalue weighted by Gasteiger charge is -2.49. The molecular formula is C35H38F3IN2O7. The number of allylic oxidation sites excluding steroid dienone is 4. The normalized spacial score (nSPS) is 19.3. The Morgan fingerprint density at radius 1 is 0.938 bits per heavy atom. The van der Waals surface area contributed by atoms with Crippen LogP contribution < -0.4 is 9.47 Å². The highest BCUT2D eigenvalue weighted by molar-refractivity contribution is 14.1. The van der Waals surface area contributed by atoms with Crippen LogP contribution in [0.1, 0.15) is 76.8 Å². The minimum atomic E-state index is -4.78. The molecule has 0 spiro atoms. The lowest BCUT2D eigenvalue weighted by Crippen LogP contribution is -2.44. The number of carbonyl (C=O) groups excluding carboxylic acids is 2. The fourth-order valence-corrected chi connectivity index (χ4v) is 7.79. The number of nitro benzene ring substituents is 1. The molecule has 0 bridgehead atoms. The van der Waals surface area contributed by atoms with Gasteiger partial charge in [0.25, 0.3) is 0 Å².